The lowest BCUT2D eigenvalue weighted by molar-refractivity contribution is -0.134. The smallest absolute Gasteiger partial charge is 0.245 e. The molecule has 0 saturated carbocycles. The third kappa shape index (κ3) is 2.95. The molecular formula is C15H20N2O2. The minimum atomic E-state index is -0.442. The first-order valence-electron chi connectivity index (χ1n) is 6.65. The second-order valence-corrected chi connectivity index (χ2v) is 5.16. The third-order valence-electron chi connectivity index (χ3n) is 3.64. The van der Waals surface area contributed by atoms with Crippen molar-refractivity contribution < 1.29 is 9.59 Å². The van der Waals surface area contributed by atoms with Gasteiger partial charge in [0.1, 0.15) is 6.04 Å². The van der Waals surface area contributed by atoms with Crippen molar-refractivity contribution in [3.05, 3.63) is 35.4 Å². The number of benzene rings is 1. The topological polar surface area (TPSA) is 49.4 Å². The predicted molar refractivity (Wildman–Crippen MR) is 73.5 cm³/mol. The highest BCUT2D eigenvalue weighted by Gasteiger charge is 2.30. The van der Waals surface area contributed by atoms with Gasteiger partial charge in [-0.15, -0.1) is 0 Å². The molecule has 1 saturated heterocycles. The van der Waals surface area contributed by atoms with E-state index in [2.05, 4.69) is 5.32 Å². The van der Waals surface area contributed by atoms with E-state index in [0.29, 0.717) is 13.0 Å². The van der Waals surface area contributed by atoms with Gasteiger partial charge in [-0.2, -0.15) is 0 Å². The Bertz CT molecular complexity index is 481. The van der Waals surface area contributed by atoms with Gasteiger partial charge >= 0.3 is 0 Å². The fraction of sp³-hybridized carbons (Fsp3) is 0.467. The molecule has 0 radical (unpaired) electrons. The lowest BCUT2D eigenvalue weighted by atomic mass is 10.0. The highest BCUT2D eigenvalue weighted by atomic mass is 16.2. The molecule has 1 N–H and O–H groups in total. The largest absolute Gasteiger partial charge is 0.345 e. The van der Waals surface area contributed by atoms with Crippen LogP contribution in [0.2, 0.25) is 0 Å². The number of nitrogens with zero attached hydrogens (tertiary/aromatic N) is 1. The minimum absolute atomic E-state index is 0.0109. The second-order valence-electron chi connectivity index (χ2n) is 5.16. The third-order valence-corrected chi connectivity index (χ3v) is 3.64. The van der Waals surface area contributed by atoms with Gasteiger partial charge in [0, 0.05) is 13.0 Å². The Hall–Kier alpha value is -1.84. The van der Waals surface area contributed by atoms with Crippen LogP contribution in [0.4, 0.5) is 0 Å². The molecule has 4 heteroatoms. The highest BCUT2D eigenvalue weighted by molar-refractivity contribution is 5.89. The molecule has 2 amide bonds. The number of amides is 2. The number of carbonyl (C=O) groups excluding carboxylic acids is 2. The van der Waals surface area contributed by atoms with E-state index in [0.717, 1.165) is 5.56 Å². The van der Waals surface area contributed by atoms with Crippen molar-refractivity contribution in [2.24, 2.45) is 0 Å². The van der Waals surface area contributed by atoms with Crippen molar-refractivity contribution in [2.45, 2.75) is 39.3 Å². The summed E-state index contributed by atoms with van der Waals surface area (Å²) < 4.78 is 0. The van der Waals surface area contributed by atoms with Gasteiger partial charge in [-0.25, -0.2) is 0 Å². The zero-order valence-corrected chi connectivity index (χ0v) is 11.6. The summed E-state index contributed by atoms with van der Waals surface area (Å²) in [5, 5.41) is 2.71. The van der Waals surface area contributed by atoms with Gasteiger partial charge in [-0.05, 0) is 26.3 Å². The quantitative estimate of drug-likeness (QED) is 0.881. The Labute approximate surface area is 113 Å². The van der Waals surface area contributed by atoms with Gasteiger partial charge in [0.05, 0.1) is 6.04 Å². The van der Waals surface area contributed by atoms with Crippen molar-refractivity contribution in [2.75, 3.05) is 6.54 Å². The van der Waals surface area contributed by atoms with Crippen LogP contribution in [-0.4, -0.2) is 29.3 Å². The number of carbonyl (C=O) groups is 2. The molecule has 2 atom stereocenters. The molecule has 4 nitrogen and oxygen atoms in total. The van der Waals surface area contributed by atoms with Gasteiger partial charge in [0.25, 0.3) is 0 Å². The zero-order valence-electron chi connectivity index (χ0n) is 11.6. The van der Waals surface area contributed by atoms with Crippen molar-refractivity contribution in [1.82, 2.24) is 10.2 Å². The normalized spacial score (nSPS) is 21.8. The second kappa shape index (κ2) is 5.43. The maximum absolute atomic E-state index is 12.3. The lowest BCUT2D eigenvalue weighted by Crippen LogP contribution is -2.43. The number of hydrogen-bond acceptors (Lipinski definition) is 2. The molecule has 0 bridgehead atoms. The number of nitrogens with one attached hydrogen (secondary N) is 1. The standard InChI is InChI=1S/C15H20N2O2/c1-10-4-6-13(7-5-10)12(3)17-9-8-14(18)16-11(2)15(17)19/h4-7,11-12H,8-9H2,1-3H3,(H,16,18). The van der Waals surface area contributed by atoms with E-state index in [9.17, 15) is 9.59 Å². The number of rotatable bonds is 2. The summed E-state index contributed by atoms with van der Waals surface area (Å²) in [5.41, 5.74) is 2.30. The molecule has 0 aliphatic carbocycles. The van der Waals surface area contributed by atoms with Gasteiger partial charge in [0.15, 0.2) is 0 Å². The average Bonchev–Trinajstić information content (AvgIpc) is 2.50. The average molecular weight is 260 g/mol. The van der Waals surface area contributed by atoms with Crippen LogP contribution in [0.15, 0.2) is 24.3 Å². The summed E-state index contributed by atoms with van der Waals surface area (Å²) in [4.78, 5) is 25.6. The van der Waals surface area contributed by atoms with E-state index >= 15 is 0 Å². The van der Waals surface area contributed by atoms with Gasteiger partial charge in [0.2, 0.25) is 11.8 Å². The summed E-state index contributed by atoms with van der Waals surface area (Å²) in [6, 6.07) is 7.71. The Morgan fingerprint density at radius 2 is 1.89 bits per heavy atom. The predicted octanol–water partition coefficient (Wildman–Crippen LogP) is 1.79. The summed E-state index contributed by atoms with van der Waals surface area (Å²) in [7, 11) is 0. The molecule has 19 heavy (non-hydrogen) atoms. The number of aryl methyl sites for hydroxylation is 1. The first-order chi connectivity index (χ1) is 8.99. The molecule has 102 valence electrons. The Morgan fingerprint density at radius 3 is 2.53 bits per heavy atom. The first kappa shape index (κ1) is 13.6. The summed E-state index contributed by atoms with van der Waals surface area (Å²) >= 11 is 0. The van der Waals surface area contributed by atoms with E-state index < -0.39 is 6.04 Å². The summed E-state index contributed by atoms with van der Waals surface area (Å²) in [6.45, 7) is 6.26. The summed E-state index contributed by atoms with van der Waals surface area (Å²) in [5.74, 6) is -0.0709. The van der Waals surface area contributed by atoms with Gasteiger partial charge in [-0.1, -0.05) is 29.8 Å². The monoisotopic (exact) mass is 260 g/mol. The van der Waals surface area contributed by atoms with E-state index in [1.54, 1.807) is 11.8 Å². The molecule has 0 aromatic heterocycles. The van der Waals surface area contributed by atoms with Crippen LogP contribution >= 0.6 is 0 Å². The molecule has 1 fully saturated rings. The molecule has 1 aliphatic heterocycles. The fourth-order valence-corrected chi connectivity index (χ4v) is 2.37. The Balaban J connectivity index is 2.21. The van der Waals surface area contributed by atoms with Gasteiger partial charge < -0.3 is 10.2 Å². The van der Waals surface area contributed by atoms with Crippen LogP contribution in [0.1, 0.15) is 37.4 Å². The molecule has 1 aromatic rings. The Kier molecular flexibility index (Phi) is 3.88. The van der Waals surface area contributed by atoms with Crippen LogP contribution in [0, 0.1) is 6.92 Å². The van der Waals surface area contributed by atoms with Crippen molar-refractivity contribution in [1.29, 1.82) is 0 Å². The van der Waals surface area contributed by atoms with Gasteiger partial charge in [-0.3, -0.25) is 9.59 Å². The molecule has 1 heterocycles. The Morgan fingerprint density at radius 1 is 1.26 bits per heavy atom. The summed E-state index contributed by atoms with van der Waals surface area (Å²) in [6.07, 6.45) is 0.367. The molecular weight excluding hydrogens is 240 g/mol. The molecule has 1 aromatic carbocycles. The fourth-order valence-electron chi connectivity index (χ4n) is 2.37. The van der Waals surface area contributed by atoms with Crippen molar-refractivity contribution >= 4 is 11.8 Å². The van der Waals surface area contributed by atoms with Crippen LogP contribution in [0.5, 0.6) is 0 Å². The molecule has 2 rings (SSSR count). The van der Waals surface area contributed by atoms with E-state index in [-0.39, 0.29) is 17.9 Å². The molecule has 2 unspecified atom stereocenters. The van der Waals surface area contributed by atoms with E-state index in [4.69, 9.17) is 0 Å². The van der Waals surface area contributed by atoms with E-state index in [1.165, 1.54) is 5.56 Å². The maximum atomic E-state index is 12.3. The van der Waals surface area contributed by atoms with Crippen LogP contribution in [0.25, 0.3) is 0 Å². The van der Waals surface area contributed by atoms with E-state index in [1.807, 2.05) is 38.1 Å². The first-order valence-corrected chi connectivity index (χ1v) is 6.65. The maximum Gasteiger partial charge on any atom is 0.245 e. The lowest BCUT2D eigenvalue weighted by Gasteiger charge is -2.29. The molecule has 0 spiro atoms. The SMILES string of the molecule is Cc1ccc(C(C)N2CCC(=O)NC(C)C2=O)cc1. The van der Waals surface area contributed by atoms with Crippen LogP contribution < -0.4 is 5.32 Å². The highest BCUT2D eigenvalue weighted by Crippen LogP contribution is 2.22. The van der Waals surface area contributed by atoms with Crippen molar-refractivity contribution in [3.8, 4) is 0 Å². The van der Waals surface area contributed by atoms with Crippen LogP contribution in [-0.2, 0) is 9.59 Å². The van der Waals surface area contributed by atoms with Crippen LogP contribution in [0.3, 0.4) is 0 Å². The minimum Gasteiger partial charge on any atom is -0.345 e. The number of hydrogen-bond donors (Lipinski definition) is 1. The molecule has 1 aliphatic rings. The zero-order chi connectivity index (χ0) is 14.0. The van der Waals surface area contributed by atoms with Crippen molar-refractivity contribution in [3.63, 3.8) is 0 Å².